The molecule has 0 aliphatic rings. The number of halogens is 1. The Bertz CT molecular complexity index is 1470. The maximum atomic E-state index is 14.7. The molecule has 0 unspecified atom stereocenters. The molecule has 0 fully saturated rings. The number of benzene rings is 3. The number of rotatable bonds is 6. The molecule has 0 spiro atoms. The summed E-state index contributed by atoms with van der Waals surface area (Å²) in [5.41, 5.74) is 3.75. The summed E-state index contributed by atoms with van der Waals surface area (Å²) in [5.74, 6) is -0.199. The van der Waals surface area contributed by atoms with E-state index in [1.54, 1.807) is 18.2 Å². The van der Waals surface area contributed by atoms with E-state index in [4.69, 9.17) is 4.52 Å². The minimum Gasteiger partial charge on any atom is -0.373 e. The van der Waals surface area contributed by atoms with Gasteiger partial charge in [0.25, 0.3) is 5.91 Å². The Morgan fingerprint density at radius 3 is 2.65 bits per heavy atom. The molecule has 0 saturated carbocycles. The largest absolute Gasteiger partial charge is 0.373 e. The quantitative estimate of drug-likeness (QED) is 0.375. The van der Waals surface area contributed by atoms with Crippen molar-refractivity contribution < 1.29 is 13.7 Å². The molecule has 5 aromatic rings. The lowest BCUT2D eigenvalue weighted by atomic mass is 10.0. The molecule has 168 valence electrons. The lowest BCUT2D eigenvalue weighted by molar-refractivity contribution is 0.0948. The van der Waals surface area contributed by atoms with Crippen molar-refractivity contribution in [1.29, 1.82) is 0 Å². The van der Waals surface area contributed by atoms with E-state index in [9.17, 15) is 9.18 Å². The molecular formula is C26H20FN5O2. The van der Waals surface area contributed by atoms with Crippen LogP contribution in [0.25, 0.3) is 22.0 Å². The third-order valence-corrected chi connectivity index (χ3v) is 5.51. The minimum atomic E-state index is -0.499. The highest BCUT2D eigenvalue weighted by atomic mass is 19.1. The summed E-state index contributed by atoms with van der Waals surface area (Å²) >= 11 is 0. The zero-order valence-corrected chi connectivity index (χ0v) is 18.3. The van der Waals surface area contributed by atoms with Gasteiger partial charge in [-0.2, -0.15) is 0 Å². The zero-order valence-electron chi connectivity index (χ0n) is 18.3. The number of fused-ring (bicyclic) bond motifs is 1. The van der Waals surface area contributed by atoms with Crippen LogP contribution in [0.3, 0.4) is 0 Å². The van der Waals surface area contributed by atoms with Gasteiger partial charge in [-0.25, -0.2) is 14.4 Å². The first-order chi connectivity index (χ1) is 16.6. The molecule has 34 heavy (non-hydrogen) atoms. The zero-order chi connectivity index (χ0) is 23.5. The molecule has 0 aliphatic heterocycles. The molecule has 3 aromatic carbocycles. The Labute approximate surface area is 194 Å². The summed E-state index contributed by atoms with van der Waals surface area (Å²) in [5, 5.41) is 7.60. The van der Waals surface area contributed by atoms with Crippen molar-refractivity contribution >= 4 is 28.3 Å². The van der Waals surface area contributed by atoms with Crippen LogP contribution in [0.1, 0.15) is 16.1 Å². The molecule has 0 saturated heterocycles. The van der Waals surface area contributed by atoms with Crippen LogP contribution in [0.15, 0.2) is 89.8 Å². The van der Waals surface area contributed by atoms with Gasteiger partial charge in [0.1, 0.15) is 18.0 Å². The standard InChI is InChI=1S/C26H20FN5O2/c1-28-25-20-14-19(9-10-22(20)29-16-30-25)18-6-4-5-17(13-18)15-32(23-8-3-2-7-21(23)27)26(33)24-11-12-31-34-24/h2-14,16H,15H2,1H3,(H,28,29,30). The second-order valence-electron chi connectivity index (χ2n) is 7.62. The van der Waals surface area contributed by atoms with E-state index < -0.39 is 11.7 Å². The first kappa shape index (κ1) is 21.3. The van der Waals surface area contributed by atoms with E-state index in [1.807, 2.05) is 49.5 Å². The molecule has 2 aromatic heterocycles. The van der Waals surface area contributed by atoms with Crippen molar-refractivity contribution in [1.82, 2.24) is 15.1 Å². The summed E-state index contributed by atoms with van der Waals surface area (Å²) in [4.78, 5) is 23.1. The minimum absolute atomic E-state index is 0.0357. The summed E-state index contributed by atoms with van der Waals surface area (Å²) in [6, 6.07) is 21.3. The number of carbonyl (C=O) groups excluding carboxylic acids is 1. The lowest BCUT2D eigenvalue weighted by Crippen LogP contribution is -2.31. The van der Waals surface area contributed by atoms with Crippen LogP contribution in [0.5, 0.6) is 0 Å². The number of aromatic nitrogens is 3. The van der Waals surface area contributed by atoms with Crippen molar-refractivity contribution in [3.05, 3.63) is 102 Å². The molecule has 1 N–H and O–H groups in total. The van der Waals surface area contributed by atoms with Gasteiger partial charge >= 0.3 is 0 Å². The highest BCUT2D eigenvalue weighted by Gasteiger charge is 2.23. The number of para-hydroxylation sites is 1. The third-order valence-electron chi connectivity index (χ3n) is 5.51. The lowest BCUT2D eigenvalue weighted by Gasteiger charge is -2.22. The maximum absolute atomic E-state index is 14.7. The third kappa shape index (κ3) is 4.09. The van der Waals surface area contributed by atoms with Gasteiger partial charge in [0.15, 0.2) is 0 Å². The van der Waals surface area contributed by atoms with Gasteiger partial charge < -0.3 is 9.84 Å². The number of hydrogen-bond acceptors (Lipinski definition) is 6. The number of nitrogens with one attached hydrogen (secondary N) is 1. The van der Waals surface area contributed by atoms with Gasteiger partial charge in [0, 0.05) is 18.5 Å². The molecule has 5 rings (SSSR count). The van der Waals surface area contributed by atoms with Gasteiger partial charge in [0.2, 0.25) is 5.76 Å². The van der Waals surface area contributed by atoms with Crippen molar-refractivity contribution in [2.45, 2.75) is 6.54 Å². The second-order valence-corrected chi connectivity index (χ2v) is 7.62. The number of carbonyl (C=O) groups is 1. The van der Waals surface area contributed by atoms with Crippen molar-refractivity contribution in [2.75, 3.05) is 17.3 Å². The average Bonchev–Trinajstić information content (AvgIpc) is 3.42. The van der Waals surface area contributed by atoms with Crippen molar-refractivity contribution in [3.63, 3.8) is 0 Å². The molecule has 0 aliphatic carbocycles. The average molecular weight is 453 g/mol. The van der Waals surface area contributed by atoms with Gasteiger partial charge in [-0.15, -0.1) is 0 Å². The fourth-order valence-electron chi connectivity index (χ4n) is 3.86. The number of nitrogens with zero attached hydrogens (tertiary/aromatic N) is 4. The monoisotopic (exact) mass is 453 g/mol. The molecule has 7 nitrogen and oxygen atoms in total. The summed E-state index contributed by atoms with van der Waals surface area (Å²) in [7, 11) is 1.82. The van der Waals surface area contributed by atoms with Crippen molar-refractivity contribution in [3.8, 4) is 11.1 Å². The van der Waals surface area contributed by atoms with Crippen LogP contribution in [0, 0.1) is 5.82 Å². The van der Waals surface area contributed by atoms with Crippen LogP contribution < -0.4 is 10.2 Å². The van der Waals surface area contributed by atoms with Crippen LogP contribution in [-0.4, -0.2) is 28.1 Å². The fraction of sp³-hybridized carbons (Fsp3) is 0.0769. The van der Waals surface area contributed by atoms with Gasteiger partial charge in [-0.3, -0.25) is 9.69 Å². The summed E-state index contributed by atoms with van der Waals surface area (Å²) < 4.78 is 19.7. The molecule has 1 amide bonds. The van der Waals surface area contributed by atoms with E-state index in [2.05, 4.69) is 20.4 Å². The normalized spacial score (nSPS) is 10.9. The number of anilines is 2. The van der Waals surface area contributed by atoms with E-state index in [0.717, 1.165) is 33.4 Å². The molecule has 2 heterocycles. The number of hydrogen-bond donors (Lipinski definition) is 1. The second kappa shape index (κ2) is 9.11. The van der Waals surface area contributed by atoms with Crippen molar-refractivity contribution in [2.24, 2.45) is 0 Å². The predicted molar refractivity (Wildman–Crippen MR) is 128 cm³/mol. The summed E-state index contributed by atoms with van der Waals surface area (Å²) in [6.07, 6.45) is 2.91. The van der Waals surface area contributed by atoms with Crippen LogP contribution in [0.4, 0.5) is 15.9 Å². The van der Waals surface area contributed by atoms with Crippen LogP contribution in [-0.2, 0) is 6.54 Å². The van der Waals surface area contributed by atoms with Gasteiger partial charge in [0.05, 0.1) is 23.9 Å². The molecule has 0 radical (unpaired) electrons. The predicted octanol–water partition coefficient (Wildman–Crippen LogP) is 5.31. The molecular weight excluding hydrogens is 433 g/mol. The fourth-order valence-corrected chi connectivity index (χ4v) is 3.86. The Kier molecular flexibility index (Phi) is 5.70. The van der Waals surface area contributed by atoms with Crippen LogP contribution in [0.2, 0.25) is 0 Å². The number of amides is 1. The Morgan fingerprint density at radius 1 is 1.00 bits per heavy atom. The molecule has 0 bridgehead atoms. The van der Waals surface area contributed by atoms with Crippen LogP contribution >= 0.6 is 0 Å². The van der Waals surface area contributed by atoms with E-state index in [-0.39, 0.29) is 18.0 Å². The molecule has 8 heteroatoms. The maximum Gasteiger partial charge on any atom is 0.297 e. The van der Waals surface area contributed by atoms with E-state index >= 15 is 0 Å². The van der Waals surface area contributed by atoms with Gasteiger partial charge in [-0.1, -0.05) is 41.6 Å². The van der Waals surface area contributed by atoms with E-state index in [0.29, 0.717) is 0 Å². The highest BCUT2D eigenvalue weighted by Crippen LogP contribution is 2.29. The smallest absolute Gasteiger partial charge is 0.297 e. The SMILES string of the molecule is CNc1ncnc2ccc(-c3cccc(CN(C(=O)c4ccno4)c4ccccc4F)c3)cc12. The first-order valence-electron chi connectivity index (χ1n) is 10.6. The van der Waals surface area contributed by atoms with E-state index in [1.165, 1.54) is 29.6 Å². The summed E-state index contributed by atoms with van der Waals surface area (Å²) in [6.45, 7) is 0.146. The van der Waals surface area contributed by atoms with Gasteiger partial charge in [-0.05, 0) is 47.0 Å². The Balaban J connectivity index is 1.52. The highest BCUT2D eigenvalue weighted by molar-refractivity contribution is 6.04. The molecule has 0 atom stereocenters. The Morgan fingerprint density at radius 2 is 1.85 bits per heavy atom. The Hall–Kier alpha value is -4.59. The topological polar surface area (TPSA) is 84.2 Å². The first-order valence-corrected chi connectivity index (χ1v) is 10.6.